The SMILES string of the molecule is Cn1cc(-c2cn3nccc3c(-c3ccc(CN4CCNC(=O)C4)c(F)c3)n2)cn1. The molecule has 0 aliphatic carbocycles. The maximum absolute atomic E-state index is 14.9. The predicted molar refractivity (Wildman–Crippen MR) is 109 cm³/mol. The lowest BCUT2D eigenvalue weighted by Crippen LogP contribution is -2.47. The van der Waals surface area contributed by atoms with Crippen LogP contribution in [0.3, 0.4) is 0 Å². The number of aromatic nitrogens is 5. The molecule has 5 rings (SSSR count). The zero-order valence-electron chi connectivity index (χ0n) is 16.4. The van der Waals surface area contributed by atoms with Crippen LogP contribution in [0.4, 0.5) is 4.39 Å². The summed E-state index contributed by atoms with van der Waals surface area (Å²) in [7, 11) is 1.84. The highest BCUT2D eigenvalue weighted by Gasteiger charge is 2.19. The van der Waals surface area contributed by atoms with E-state index in [2.05, 4.69) is 15.5 Å². The molecule has 1 amide bonds. The maximum Gasteiger partial charge on any atom is 0.234 e. The molecule has 0 saturated carbocycles. The highest BCUT2D eigenvalue weighted by molar-refractivity contribution is 5.79. The maximum atomic E-state index is 14.9. The van der Waals surface area contributed by atoms with Crippen molar-refractivity contribution < 1.29 is 9.18 Å². The molecule has 8 nitrogen and oxygen atoms in total. The molecule has 0 spiro atoms. The average Bonchev–Trinajstić information content (AvgIpc) is 3.37. The Morgan fingerprint density at radius 2 is 2.07 bits per heavy atom. The van der Waals surface area contributed by atoms with E-state index >= 15 is 0 Å². The van der Waals surface area contributed by atoms with E-state index in [9.17, 15) is 9.18 Å². The zero-order valence-corrected chi connectivity index (χ0v) is 16.4. The van der Waals surface area contributed by atoms with E-state index in [0.29, 0.717) is 42.1 Å². The van der Waals surface area contributed by atoms with Crippen LogP contribution in [0.15, 0.2) is 49.1 Å². The summed E-state index contributed by atoms with van der Waals surface area (Å²) in [6, 6.07) is 6.99. The second-order valence-corrected chi connectivity index (χ2v) is 7.41. The minimum absolute atomic E-state index is 0.0298. The number of fused-ring (bicyclic) bond motifs is 1. The number of hydrogen-bond donors (Lipinski definition) is 1. The normalized spacial score (nSPS) is 14.9. The molecule has 1 aliphatic heterocycles. The number of carbonyl (C=O) groups is 1. The Balaban J connectivity index is 1.51. The standard InChI is InChI=1S/C21H20FN7O/c1-27-10-16(9-25-27)18-12-29-19(4-5-24-29)21(26-18)14-2-3-15(17(22)8-14)11-28-7-6-23-20(30)13-28/h2-5,8-10,12H,6-7,11,13H2,1H3,(H,23,30). The van der Waals surface area contributed by atoms with E-state index in [0.717, 1.165) is 11.1 Å². The van der Waals surface area contributed by atoms with Gasteiger partial charge in [0.15, 0.2) is 0 Å². The van der Waals surface area contributed by atoms with Crippen molar-refractivity contribution in [3.63, 3.8) is 0 Å². The smallest absolute Gasteiger partial charge is 0.234 e. The second-order valence-electron chi connectivity index (χ2n) is 7.41. The Bertz CT molecular complexity index is 1250. The van der Waals surface area contributed by atoms with Gasteiger partial charge in [0.25, 0.3) is 0 Å². The van der Waals surface area contributed by atoms with Crippen molar-refractivity contribution in [3.05, 3.63) is 60.4 Å². The van der Waals surface area contributed by atoms with Crippen LogP contribution in [0, 0.1) is 5.82 Å². The molecule has 1 N–H and O–H groups in total. The van der Waals surface area contributed by atoms with E-state index in [1.807, 2.05) is 36.5 Å². The molecular formula is C21H20FN7O. The number of halogens is 1. The lowest BCUT2D eigenvalue weighted by atomic mass is 10.1. The first-order valence-corrected chi connectivity index (χ1v) is 9.68. The van der Waals surface area contributed by atoms with Crippen molar-refractivity contribution in [1.82, 2.24) is 34.6 Å². The van der Waals surface area contributed by atoms with Crippen molar-refractivity contribution in [3.8, 4) is 22.5 Å². The van der Waals surface area contributed by atoms with E-state index in [4.69, 9.17) is 4.98 Å². The van der Waals surface area contributed by atoms with Gasteiger partial charge in [-0.1, -0.05) is 12.1 Å². The zero-order chi connectivity index (χ0) is 20.7. The number of benzene rings is 1. The van der Waals surface area contributed by atoms with Crippen LogP contribution in [-0.4, -0.2) is 54.8 Å². The summed E-state index contributed by atoms with van der Waals surface area (Å²) in [4.78, 5) is 18.3. The summed E-state index contributed by atoms with van der Waals surface area (Å²) < 4.78 is 18.4. The molecule has 9 heteroatoms. The fourth-order valence-electron chi connectivity index (χ4n) is 3.72. The first-order chi connectivity index (χ1) is 14.6. The minimum atomic E-state index is -0.315. The number of nitrogens with one attached hydrogen (secondary N) is 1. The number of carbonyl (C=O) groups excluding carboxylic acids is 1. The van der Waals surface area contributed by atoms with Crippen molar-refractivity contribution in [2.75, 3.05) is 19.6 Å². The first kappa shape index (κ1) is 18.4. The third-order valence-corrected chi connectivity index (χ3v) is 5.23. The van der Waals surface area contributed by atoms with Crippen LogP contribution in [0.2, 0.25) is 0 Å². The molecule has 3 aromatic heterocycles. The Morgan fingerprint density at radius 1 is 1.17 bits per heavy atom. The Morgan fingerprint density at radius 3 is 2.83 bits per heavy atom. The predicted octanol–water partition coefficient (Wildman–Crippen LogP) is 1.87. The van der Waals surface area contributed by atoms with Crippen LogP contribution in [0.25, 0.3) is 28.0 Å². The molecular weight excluding hydrogens is 385 g/mol. The molecule has 4 heterocycles. The van der Waals surface area contributed by atoms with Gasteiger partial charge in [0.05, 0.1) is 42.0 Å². The topological polar surface area (TPSA) is 80.4 Å². The molecule has 4 aromatic rings. The van der Waals surface area contributed by atoms with Gasteiger partial charge in [-0.2, -0.15) is 10.2 Å². The Labute approximate surface area is 171 Å². The van der Waals surface area contributed by atoms with Gasteiger partial charge in [0, 0.05) is 49.6 Å². The average molecular weight is 405 g/mol. The lowest BCUT2D eigenvalue weighted by molar-refractivity contribution is -0.124. The monoisotopic (exact) mass is 405 g/mol. The molecule has 1 aliphatic rings. The van der Waals surface area contributed by atoms with E-state index in [1.54, 1.807) is 27.7 Å². The summed E-state index contributed by atoms with van der Waals surface area (Å²) in [6.45, 7) is 1.97. The van der Waals surface area contributed by atoms with Gasteiger partial charge in [-0.3, -0.25) is 14.4 Å². The Kier molecular flexibility index (Phi) is 4.51. The van der Waals surface area contributed by atoms with Gasteiger partial charge in [-0.25, -0.2) is 13.9 Å². The molecule has 0 bridgehead atoms. The molecule has 30 heavy (non-hydrogen) atoms. The quantitative estimate of drug-likeness (QED) is 0.561. The van der Waals surface area contributed by atoms with Gasteiger partial charge in [0.2, 0.25) is 5.91 Å². The largest absolute Gasteiger partial charge is 0.354 e. The number of rotatable bonds is 4. The lowest BCUT2D eigenvalue weighted by Gasteiger charge is -2.26. The molecule has 0 unspecified atom stereocenters. The van der Waals surface area contributed by atoms with Gasteiger partial charge in [-0.05, 0) is 12.1 Å². The van der Waals surface area contributed by atoms with Gasteiger partial charge in [0.1, 0.15) is 5.82 Å². The summed E-state index contributed by atoms with van der Waals surface area (Å²) in [5, 5.41) is 11.3. The summed E-state index contributed by atoms with van der Waals surface area (Å²) >= 11 is 0. The van der Waals surface area contributed by atoms with Gasteiger partial charge < -0.3 is 5.32 Å². The minimum Gasteiger partial charge on any atom is -0.354 e. The van der Waals surface area contributed by atoms with Crippen LogP contribution >= 0.6 is 0 Å². The molecule has 0 radical (unpaired) electrons. The van der Waals surface area contributed by atoms with E-state index in [-0.39, 0.29) is 18.3 Å². The fraction of sp³-hybridized carbons (Fsp3) is 0.238. The first-order valence-electron chi connectivity index (χ1n) is 9.68. The summed E-state index contributed by atoms with van der Waals surface area (Å²) in [5.41, 5.74) is 4.24. The Hall–Kier alpha value is -3.59. The highest BCUT2D eigenvalue weighted by Crippen LogP contribution is 2.28. The molecule has 152 valence electrons. The van der Waals surface area contributed by atoms with Crippen LogP contribution in [0.5, 0.6) is 0 Å². The summed E-state index contributed by atoms with van der Waals surface area (Å²) in [6.07, 6.45) is 7.14. The molecule has 1 aromatic carbocycles. The fourth-order valence-corrected chi connectivity index (χ4v) is 3.72. The van der Waals surface area contributed by atoms with Crippen LogP contribution in [-0.2, 0) is 18.4 Å². The van der Waals surface area contributed by atoms with E-state index < -0.39 is 0 Å². The summed E-state index contributed by atoms with van der Waals surface area (Å²) in [5.74, 6) is -0.345. The number of amides is 1. The van der Waals surface area contributed by atoms with Crippen molar-refractivity contribution in [2.45, 2.75) is 6.54 Å². The highest BCUT2D eigenvalue weighted by atomic mass is 19.1. The third-order valence-electron chi connectivity index (χ3n) is 5.23. The van der Waals surface area contributed by atoms with Crippen LogP contribution < -0.4 is 5.32 Å². The number of aryl methyl sites for hydroxylation is 1. The molecule has 1 saturated heterocycles. The van der Waals surface area contributed by atoms with Crippen molar-refractivity contribution in [2.24, 2.45) is 7.05 Å². The van der Waals surface area contributed by atoms with Crippen molar-refractivity contribution in [1.29, 1.82) is 0 Å². The number of piperazine rings is 1. The number of hydrogen-bond acceptors (Lipinski definition) is 5. The van der Waals surface area contributed by atoms with E-state index in [1.165, 1.54) is 6.07 Å². The second kappa shape index (κ2) is 7.34. The number of nitrogens with zero attached hydrogens (tertiary/aromatic N) is 6. The van der Waals surface area contributed by atoms with Gasteiger partial charge in [-0.15, -0.1) is 0 Å². The third kappa shape index (κ3) is 3.43. The van der Waals surface area contributed by atoms with Crippen LogP contribution in [0.1, 0.15) is 5.56 Å². The molecule has 1 fully saturated rings. The van der Waals surface area contributed by atoms with Crippen molar-refractivity contribution >= 4 is 11.4 Å². The van der Waals surface area contributed by atoms with Gasteiger partial charge >= 0.3 is 0 Å². The molecule has 0 atom stereocenters.